The Morgan fingerprint density at radius 3 is 2.85 bits per heavy atom. The monoisotopic (exact) mass is 361 g/mol. The van der Waals surface area contributed by atoms with Crippen LogP contribution in [-0.4, -0.2) is 15.5 Å². The summed E-state index contributed by atoms with van der Waals surface area (Å²) in [4.78, 5) is 29.2. The molecule has 0 fully saturated rings. The van der Waals surface area contributed by atoms with Crippen molar-refractivity contribution in [3.05, 3.63) is 70.3 Å². The van der Waals surface area contributed by atoms with Gasteiger partial charge in [0.15, 0.2) is 0 Å². The zero-order chi connectivity index (χ0) is 18.6. The average Bonchev–Trinajstić information content (AvgIpc) is 2.70. The highest BCUT2D eigenvalue weighted by Crippen LogP contribution is 2.27. The van der Waals surface area contributed by atoms with Gasteiger partial charge in [0, 0.05) is 18.7 Å². The Labute approximate surface area is 158 Å². The van der Waals surface area contributed by atoms with E-state index in [9.17, 15) is 9.59 Å². The second-order valence-electron chi connectivity index (χ2n) is 7.06. The zero-order valence-electron chi connectivity index (χ0n) is 15.3. The second kappa shape index (κ2) is 7.74. The highest BCUT2D eigenvalue weighted by Gasteiger charge is 2.14. The summed E-state index contributed by atoms with van der Waals surface area (Å²) in [5, 5.41) is 3.67. The number of rotatable bonds is 5. The molecule has 0 unspecified atom stereocenters. The van der Waals surface area contributed by atoms with Gasteiger partial charge < -0.3 is 5.32 Å². The minimum Gasteiger partial charge on any atom is -0.326 e. The van der Waals surface area contributed by atoms with Crippen LogP contribution >= 0.6 is 0 Å². The summed E-state index contributed by atoms with van der Waals surface area (Å²) < 4.78 is 1.58. The largest absolute Gasteiger partial charge is 0.326 e. The molecule has 5 heteroatoms. The second-order valence-corrected chi connectivity index (χ2v) is 7.06. The molecule has 1 N–H and O–H groups in total. The molecule has 2 aromatic carbocycles. The Morgan fingerprint density at radius 1 is 1.07 bits per heavy atom. The number of nitrogens with zero attached hydrogens (tertiary/aromatic N) is 2. The van der Waals surface area contributed by atoms with Crippen molar-refractivity contribution in [1.29, 1.82) is 0 Å². The lowest BCUT2D eigenvalue weighted by molar-refractivity contribution is -0.116. The number of anilines is 1. The van der Waals surface area contributed by atoms with Crippen LogP contribution in [0.3, 0.4) is 0 Å². The summed E-state index contributed by atoms with van der Waals surface area (Å²) in [5.74, 6) is -0.00392. The molecule has 1 aliphatic carbocycles. The Kier molecular flexibility index (Phi) is 5.01. The van der Waals surface area contributed by atoms with Crippen molar-refractivity contribution in [1.82, 2.24) is 9.55 Å². The number of carbonyl (C=O) groups excluding carboxylic acids is 1. The van der Waals surface area contributed by atoms with E-state index in [1.165, 1.54) is 24.0 Å². The molecule has 27 heavy (non-hydrogen) atoms. The SMILES string of the molecule is O=C(CCCn1cnc2ccccc2c1=O)Nc1cccc2c1CCCC2. The Morgan fingerprint density at radius 2 is 1.93 bits per heavy atom. The van der Waals surface area contributed by atoms with E-state index in [4.69, 9.17) is 0 Å². The van der Waals surface area contributed by atoms with Crippen molar-refractivity contribution in [2.24, 2.45) is 0 Å². The number of benzene rings is 2. The number of hydrogen-bond donors (Lipinski definition) is 1. The van der Waals surface area contributed by atoms with Gasteiger partial charge in [0.2, 0.25) is 5.91 Å². The number of fused-ring (bicyclic) bond motifs is 2. The Hall–Kier alpha value is -2.95. The maximum absolute atomic E-state index is 12.5. The van der Waals surface area contributed by atoms with Gasteiger partial charge in [-0.2, -0.15) is 0 Å². The van der Waals surface area contributed by atoms with E-state index >= 15 is 0 Å². The molecule has 3 aromatic rings. The minimum absolute atomic E-state index is 0.00392. The third kappa shape index (κ3) is 3.77. The van der Waals surface area contributed by atoms with Crippen LogP contribution in [0.25, 0.3) is 10.9 Å². The molecule has 4 rings (SSSR count). The third-order valence-electron chi connectivity index (χ3n) is 5.20. The number of hydrogen-bond acceptors (Lipinski definition) is 3. The van der Waals surface area contributed by atoms with Crippen LogP contribution in [0.2, 0.25) is 0 Å². The highest BCUT2D eigenvalue weighted by molar-refractivity contribution is 5.91. The van der Waals surface area contributed by atoms with Crippen LogP contribution in [0.1, 0.15) is 36.8 Å². The molecule has 0 saturated carbocycles. The van der Waals surface area contributed by atoms with E-state index in [0.717, 1.165) is 18.5 Å². The van der Waals surface area contributed by atoms with Crippen LogP contribution < -0.4 is 10.9 Å². The molecule has 5 nitrogen and oxygen atoms in total. The minimum atomic E-state index is -0.0573. The van der Waals surface area contributed by atoms with E-state index in [2.05, 4.69) is 16.4 Å². The zero-order valence-corrected chi connectivity index (χ0v) is 15.3. The Balaban J connectivity index is 1.38. The van der Waals surface area contributed by atoms with Gasteiger partial charge in [0.25, 0.3) is 5.56 Å². The van der Waals surface area contributed by atoms with Crippen molar-refractivity contribution >= 4 is 22.5 Å². The lowest BCUT2D eigenvalue weighted by Crippen LogP contribution is -2.22. The van der Waals surface area contributed by atoms with Gasteiger partial charge in [-0.15, -0.1) is 0 Å². The Bertz CT molecular complexity index is 1040. The molecule has 1 aromatic heterocycles. The molecule has 0 saturated heterocycles. The predicted molar refractivity (Wildman–Crippen MR) is 107 cm³/mol. The van der Waals surface area contributed by atoms with Crippen LogP contribution in [0, 0.1) is 0 Å². The van der Waals surface area contributed by atoms with Gasteiger partial charge in [0.1, 0.15) is 0 Å². The van der Waals surface area contributed by atoms with Crippen molar-refractivity contribution in [2.75, 3.05) is 5.32 Å². The topological polar surface area (TPSA) is 64.0 Å². The molecule has 0 radical (unpaired) electrons. The number of para-hydroxylation sites is 1. The van der Waals surface area contributed by atoms with E-state index < -0.39 is 0 Å². The van der Waals surface area contributed by atoms with Crippen molar-refractivity contribution in [3.8, 4) is 0 Å². The summed E-state index contributed by atoms with van der Waals surface area (Å²) in [5.41, 5.74) is 4.23. The maximum Gasteiger partial charge on any atom is 0.261 e. The predicted octanol–water partition coefficient (Wildman–Crippen LogP) is 3.69. The molecule has 0 spiro atoms. The lowest BCUT2D eigenvalue weighted by Gasteiger charge is -2.19. The fourth-order valence-electron chi connectivity index (χ4n) is 3.79. The van der Waals surface area contributed by atoms with Gasteiger partial charge in [-0.25, -0.2) is 4.98 Å². The van der Waals surface area contributed by atoms with Crippen LogP contribution in [0.15, 0.2) is 53.6 Å². The summed E-state index contributed by atoms with van der Waals surface area (Å²) in [6.45, 7) is 0.483. The molecule has 0 atom stereocenters. The molecule has 138 valence electrons. The first-order valence-electron chi connectivity index (χ1n) is 9.57. The quantitative estimate of drug-likeness (QED) is 0.754. The van der Waals surface area contributed by atoms with Gasteiger partial charge in [0.05, 0.1) is 17.2 Å². The number of aromatic nitrogens is 2. The normalized spacial score (nSPS) is 13.3. The van der Waals surface area contributed by atoms with Crippen LogP contribution in [0.5, 0.6) is 0 Å². The summed E-state index contributed by atoms with van der Waals surface area (Å²) in [7, 11) is 0. The first-order valence-corrected chi connectivity index (χ1v) is 9.57. The summed E-state index contributed by atoms with van der Waals surface area (Å²) in [6.07, 6.45) is 7.07. The molecule has 1 aliphatic rings. The van der Waals surface area contributed by atoms with E-state index in [-0.39, 0.29) is 11.5 Å². The van der Waals surface area contributed by atoms with E-state index in [0.29, 0.717) is 30.3 Å². The third-order valence-corrected chi connectivity index (χ3v) is 5.20. The lowest BCUT2D eigenvalue weighted by atomic mass is 9.90. The van der Waals surface area contributed by atoms with Gasteiger partial charge in [-0.05, 0) is 61.4 Å². The van der Waals surface area contributed by atoms with Gasteiger partial charge >= 0.3 is 0 Å². The molecule has 0 aliphatic heterocycles. The molecule has 1 amide bonds. The number of amides is 1. The molecule has 1 heterocycles. The maximum atomic E-state index is 12.5. The van der Waals surface area contributed by atoms with Crippen molar-refractivity contribution in [3.63, 3.8) is 0 Å². The molecular weight excluding hydrogens is 338 g/mol. The smallest absolute Gasteiger partial charge is 0.261 e. The first-order chi connectivity index (χ1) is 13.2. The first kappa shape index (κ1) is 17.5. The van der Waals surface area contributed by atoms with Gasteiger partial charge in [-0.3, -0.25) is 14.2 Å². The number of nitrogens with one attached hydrogen (secondary N) is 1. The van der Waals surface area contributed by atoms with Crippen molar-refractivity contribution < 1.29 is 4.79 Å². The fraction of sp³-hybridized carbons (Fsp3) is 0.318. The van der Waals surface area contributed by atoms with E-state index in [1.807, 2.05) is 30.3 Å². The van der Waals surface area contributed by atoms with Crippen LogP contribution in [0.4, 0.5) is 5.69 Å². The van der Waals surface area contributed by atoms with E-state index in [1.54, 1.807) is 17.0 Å². The molecular formula is C22H23N3O2. The summed E-state index contributed by atoms with van der Waals surface area (Å²) in [6, 6.07) is 13.5. The van der Waals surface area contributed by atoms with Gasteiger partial charge in [-0.1, -0.05) is 24.3 Å². The fourth-order valence-corrected chi connectivity index (χ4v) is 3.79. The average molecular weight is 361 g/mol. The van der Waals surface area contributed by atoms with Crippen LogP contribution in [-0.2, 0) is 24.2 Å². The molecule has 0 bridgehead atoms. The highest BCUT2D eigenvalue weighted by atomic mass is 16.1. The standard InChI is InChI=1S/C22H23N3O2/c26-21(24-20-12-5-8-16-7-1-2-9-17(16)20)13-6-14-25-15-23-19-11-4-3-10-18(19)22(25)27/h3-5,8,10-12,15H,1-2,6-7,9,13-14H2,(H,24,26). The number of aryl methyl sites for hydroxylation is 2. The summed E-state index contributed by atoms with van der Waals surface area (Å²) >= 11 is 0. The number of carbonyl (C=O) groups is 1. The van der Waals surface area contributed by atoms with Crippen molar-refractivity contribution in [2.45, 2.75) is 45.1 Å².